The van der Waals surface area contributed by atoms with Gasteiger partial charge in [0, 0.05) is 39.4 Å². The Labute approximate surface area is 205 Å². The predicted octanol–water partition coefficient (Wildman–Crippen LogP) is 5.06. The zero-order valence-corrected chi connectivity index (χ0v) is 22.1. The second kappa shape index (κ2) is 11.6. The Balaban J connectivity index is 1.53. The van der Waals surface area contributed by atoms with Gasteiger partial charge in [0.05, 0.1) is 16.7 Å². The van der Waals surface area contributed by atoms with Gasteiger partial charge in [-0.3, -0.25) is 4.98 Å². The van der Waals surface area contributed by atoms with Crippen LogP contribution in [-0.4, -0.2) is 41.8 Å². The smallest absolute Gasteiger partial charge is 0.124 e. The molecule has 0 aliphatic heterocycles. The molecular formula is C27H41N5OSi. The van der Waals surface area contributed by atoms with Crippen molar-refractivity contribution in [2.75, 3.05) is 13.2 Å². The highest BCUT2D eigenvalue weighted by Crippen LogP contribution is 2.29. The summed E-state index contributed by atoms with van der Waals surface area (Å²) in [4.78, 5) is 9.77. The zero-order chi connectivity index (χ0) is 24.0. The highest BCUT2D eigenvalue weighted by Gasteiger charge is 2.25. The van der Waals surface area contributed by atoms with E-state index in [1.807, 2.05) is 6.20 Å². The number of nitrogens with one attached hydrogen (secondary N) is 1. The number of hydrogen-bond acceptors (Lipinski definition) is 5. The molecule has 1 aliphatic carbocycles. The minimum Gasteiger partial charge on any atom is -0.361 e. The van der Waals surface area contributed by atoms with Gasteiger partial charge in [-0.1, -0.05) is 37.8 Å². The lowest BCUT2D eigenvalue weighted by atomic mass is 9.91. The van der Waals surface area contributed by atoms with E-state index in [1.54, 1.807) is 0 Å². The summed E-state index contributed by atoms with van der Waals surface area (Å²) in [6.45, 7) is 9.23. The number of rotatable bonds is 12. The highest BCUT2D eigenvalue weighted by molar-refractivity contribution is 6.76. The fraction of sp³-hybridized carbons (Fsp3) is 0.556. The summed E-state index contributed by atoms with van der Waals surface area (Å²) in [5.41, 5.74) is 10.7. The van der Waals surface area contributed by atoms with Crippen molar-refractivity contribution >= 4 is 19.1 Å². The predicted molar refractivity (Wildman–Crippen MR) is 143 cm³/mol. The van der Waals surface area contributed by atoms with Crippen LogP contribution in [-0.2, 0) is 24.3 Å². The van der Waals surface area contributed by atoms with Gasteiger partial charge in [-0.25, -0.2) is 4.98 Å². The maximum Gasteiger partial charge on any atom is 0.124 e. The van der Waals surface area contributed by atoms with Crippen LogP contribution in [0.15, 0.2) is 42.6 Å². The van der Waals surface area contributed by atoms with Crippen LogP contribution in [0, 0.1) is 0 Å². The lowest BCUT2D eigenvalue weighted by molar-refractivity contribution is 0.0875. The summed E-state index contributed by atoms with van der Waals surface area (Å²) >= 11 is 0. The fourth-order valence-electron chi connectivity index (χ4n) is 4.84. The van der Waals surface area contributed by atoms with E-state index in [0.29, 0.717) is 25.4 Å². The van der Waals surface area contributed by atoms with E-state index in [2.05, 4.69) is 65.9 Å². The zero-order valence-electron chi connectivity index (χ0n) is 21.1. The first-order chi connectivity index (χ1) is 16.4. The topological polar surface area (TPSA) is 78.0 Å². The van der Waals surface area contributed by atoms with Crippen molar-refractivity contribution in [2.24, 2.45) is 5.73 Å². The Morgan fingerprint density at radius 3 is 2.88 bits per heavy atom. The Kier molecular flexibility index (Phi) is 8.53. The molecule has 0 spiro atoms. The van der Waals surface area contributed by atoms with Crippen molar-refractivity contribution in [1.82, 2.24) is 19.9 Å². The molecule has 0 fully saturated rings. The first-order valence-electron chi connectivity index (χ1n) is 12.9. The Morgan fingerprint density at radius 2 is 2.06 bits per heavy atom. The monoisotopic (exact) mass is 479 g/mol. The van der Waals surface area contributed by atoms with Crippen LogP contribution < -0.4 is 11.1 Å². The number of nitrogens with two attached hydrogens (primary N) is 1. The normalized spacial score (nSPS) is 17.1. The van der Waals surface area contributed by atoms with Crippen LogP contribution in [0.25, 0.3) is 11.0 Å². The molecule has 1 aromatic carbocycles. The molecule has 2 aromatic heterocycles. The van der Waals surface area contributed by atoms with Crippen LogP contribution in [0.5, 0.6) is 0 Å². The number of ether oxygens (including phenoxy) is 1. The third kappa shape index (κ3) is 6.53. The fourth-order valence-corrected chi connectivity index (χ4v) is 5.60. The molecule has 3 N–H and O–H groups in total. The van der Waals surface area contributed by atoms with Gasteiger partial charge in [0.2, 0.25) is 0 Å². The summed E-state index contributed by atoms with van der Waals surface area (Å²) in [6.07, 6.45) is 8.24. The molecule has 184 valence electrons. The molecule has 3 aromatic rings. The molecule has 0 saturated heterocycles. The number of imidazole rings is 1. The average molecular weight is 480 g/mol. The van der Waals surface area contributed by atoms with Crippen LogP contribution in [0.3, 0.4) is 0 Å². The molecule has 1 aliphatic rings. The second-order valence-electron chi connectivity index (χ2n) is 10.8. The van der Waals surface area contributed by atoms with E-state index in [0.717, 1.165) is 55.6 Å². The average Bonchev–Trinajstić information content (AvgIpc) is 3.17. The summed E-state index contributed by atoms with van der Waals surface area (Å²) in [6, 6.07) is 14.4. The largest absolute Gasteiger partial charge is 0.361 e. The van der Waals surface area contributed by atoms with Gasteiger partial charge >= 0.3 is 0 Å². The number of hydrogen-bond donors (Lipinski definition) is 2. The van der Waals surface area contributed by atoms with Crippen molar-refractivity contribution in [3.05, 3.63) is 59.7 Å². The van der Waals surface area contributed by atoms with Crippen LogP contribution >= 0.6 is 0 Å². The van der Waals surface area contributed by atoms with Gasteiger partial charge in [-0.2, -0.15) is 0 Å². The minimum atomic E-state index is -1.12. The maximum atomic E-state index is 6.17. The van der Waals surface area contributed by atoms with E-state index in [4.69, 9.17) is 20.4 Å². The van der Waals surface area contributed by atoms with Crippen molar-refractivity contribution in [1.29, 1.82) is 0 Å². The standard InChI is InChI=1S/C27H41N5OSi/c1-34(2,3)18-17-33-20-32-25-14-5-4-12-23(25)31-26(32)19-22(11-7-15-28)30-24-13-6-9-21-10-8-16-29-27(21)24/h4-5,8,10,12,14,16,22,24,30H,6-7,9,11,13,15,17-20,28H2,1-3H3. The molecule has 2 atom stereocenters. The third-order valence-corrected chi connectivity index (χ3v) is 8.47. The Bertz CT molecular complexity index is 1060. The molecule has 6 nitrogen and oxygen atoms in total. The highest BCUT2D eigenvalue weighted by atomic mass is 28.3. The minimum absolute atomic E-state index is 0.290. The first kappa shape index (κ1) is 25.0. The maximum absolute atomic E-state index is 6.17. The molecule has 34 heavy (non-hydrogen) atoms. The third-order valence-electron chi connectivity index (χ3n) is 6.77. The molecule has 4 rings (SSSR count). The molecule has 0 saturated carbocycles. The van der Waals surface area contributed by atoms with E-state index in [9.17, 15) is 0 Å². The summed E-state index contributed by atoms with van der Waals surface area (Å²) in [7, 11) is -1.12. The van der Waals surface area contributed by atoms with E-state index >= 15 is 0 Å². The van der Waals surface area contributed by atoms with Crippen LogP contribution in [0.4, 0.5) is 0 Å². The van der Waals surface area contributed by atoms with Gasteiger partial charge < -0.3 is 20.4 Å². The number of pyridine rings is 1. The molecule has 0 radical (unpaired) electrons. The van der Waals surface area contributed by atoms with Crippen LogP contribution in [0.1, 0.15) is 48.8 Å². The van der Waals surface area contributed by atoms with Crippen molar-refractivity contribution in [3.63, 3.8) is 0 Å². The molecule has 7 heteroatoms. The van der Waals surface area contributed by atoms with E-state index in [1.165, 1.54) is 23.7 Å². The molecule has 0 amide bonds. The lowest BCUT2D eigenvalue weighted by Gasteiger charge is -2.30. The van der Waals surface area contributed by atoms with Gasteiger partial charge in [0.15, 0.2) is 0 Å². The lowest BCUT2D eigenvalue weighted by Crippen LogP contribution is -2.37. The Hall–Kier alpha value is -2.06. The second-order valence-corrected chi connectivity index (χ2v) is 16.4. The number of para-hydroxylation sites is 2. The molecular weight excluding hydrogens is 438 g/mol. The summed E-state index contributed by atoms with van der Waals surface area (Å²) in [5, 5.41) is 3.95. The first-order valence-corrected chi connectivity index (χ1v) is 16.6. The summed E-state index contributed by atoms with van der Waals surface area (Å²) < 4.78 is 8.44. The Morgan fingerprint density at radius 1 is 1.21 bits per heavy atom. The van der Waals surface area contributed by atoms with Crippen molar-refractivity contribution < 1.29 is 4.74 Å². The van der Waals surface area contributed by atoms with Crippen molar-refractivity contribution in [3.8, 4) is 0 Å². The number of benzene rings is 1. The molecule has 0 bridgehead atoms. The van der Waals surface area contributed by atoms with Gasteiger partial charge in [-0.15, -0.1) is 0 Å². The van der Waals surface area contributed by atoms with E-state index < -0.39 is 8.07 Å². The quantitative estimate of drug-likeness (QED) is 0.280. The number of aryl methyl sites for hydroxylation is 1. The number of fused-ring (bicyclic) bond motifs is 2. The SMILES string of the molecule is C[Si](C)(C)CCOCn1c(CC(CCCN)NC2CCCc3cccnc32)nc2ccccc21. The number of nitrogens with zero attached hydrogens (tertiary/aromatic N) is 3. The summed E-state index contributed by atoms with van der Waals surface area (Å²) in [5.74, 6) is 1.08. The van der Waals surface area contributed by atoms with E-state index in [-0.39, 0.29) is 0 Å². The van der Waals surface area contributed by atoms with Gasteiger partial charge in [0.25, 0.3) is 0 Å². The molecule has 2 heterocycles. The number of aromatic nitrogens is 3. The van der Waals surface area contributed by atoms with Gasteiger partial charge in [-0.05, 0) is 68.5 Å². The van der Waals surface area contributed by atoms with Crippen LogP contribution in [0.2, 0.25) is 25.7 Å². The van der Waals surface area contributed by atoms with Crippen molar-refractivity contribution in [2.45, 2.75) is 83.0 Å². The van der Waals surface area contributed by atoms with Gasteiger partial charge in [0.1, 0.15) is 12.6 Å². The molecule has 2 unspecified atom stereocenters.